The Morgan fingerprint density at radius 3 is 2.75 bits per heavy atom. The van der Waals surface area contributed by atoms with Gasteiger partial charge in [-0.3, -0.25) is 4.79 Å². The van der Waals surface area contributed by atoms with E-state index in [1.54, 1.807) is 0 Å². The maximum absolute atomic E-state index is 11.1. The van der Waals surface area contributed by atoms with Crippen LogP contribution in [0.5, 0.6) is 0 Å². The van der Waals surface area contributed by atoms with Crippen molar-refractivity contribution in [1.29, 1.82) is 0 Å². The third-order valence-electron chi connectivity index (χ3n) is 3.39. The number of allylic oxidation sites excluding steroid dienone is 2. The smallest absolute Gasteiger partial charge is 0.309 e. The van der Waals surface area contributed by atoms with Crippen LogP contribution < -0.4 is 0 Å². The molecule has 3 heteroatoms. The van der Waals surface area contributed by atoms with Gasteiger partial charge in [-0.1, -0.05) is 31.9 Å². The lowest BCUT2D eigenvalue weighted by Gasteiger charge is -2.28. The molecule has 0 saturated carbocycles. The first-order chi connectivity index (χ1) is 7.66. The molecule has 1 aliphatic rings. The summed E-state index contributed by atoms with van der Waals surface area (Å²) in [7, 11) is 0. The summed E-state index contributed by atoms with van der Waals surface area (Å²) in [5.41, 5.74) is 0. The lowest BCUT2D eigenvalue weighted by Crippen LogP contribution is -2.35. The molecule has 3 nitrogen and oxygen atoms in total. The van der Waals surface area contributed by atoms with E-state index in [4.69, 9.17) is 5.11 Å². The number of hydrogen-bond donors (Lipinski definition) is 2. The minimum atomic E-state index is -0.851. The fourth-order valence-electron chi connectivity index (χ4n) is 2.32. The van der Waals surface area contributed by atoms with Crippen molar-refractivity contribution in [2.75, 3.05) is 0 Å². The monoisotopic (exact) mass is 226 g/mol. The number of aliphatic carboxylic acids is 1. The molecule has 0 fully saturated rings. The number of aliphatic hydroxyl groups excluding tert-OH is 1. The zero-order valence-electron chi connectivity index (χ0n) is 9.93. The minimum Gasteiger partial charge on any atom is -0.481 e. The van der Waals surface area contributed by atoms with Crippen LogP contribution in [0.25, 0.3) is 0 Å². The molecule has 1 aliphatic carbocycles. The van der Waals surface area contributed by atoms with Crippen molar-refractivity contribution in [2.45, 2.75) is 51.6 Å². The fourth-order valence-corrected chi connectivity index (χ4v) is 2.32. The van der Waals surface area contributed by atoms with Crippen LogP contribution in [0.1, 0.15) is 45.4 Å². The van der Waals surface area contributed by atoms with Gasteiger partial charge in [0, 0.05) is 0 Å². The van der Waals surface area contributed by atoms with E-state index in [1.165, 1.54) is 0 Å². The molecule has 0 spiro atoms. The van der Waals surface area contributed by atoms with Crippen LogP contribution in [0.4, 0.5) is 0 Å². The summed E-state index contributed by atoms with van der Waals surface area (Å²) in [6.45, 7) is 2.04. The van der Waals surface area contributed by atoms with E-state index in [-0.39, 0.29) is 5.92 Å². The Kier molecular flexibility index (Phi) is 5.53. The molecule has 1 rings (SSSR count). The SMILES string of the molecule is CCCCC(C(=O)O)C(O)C1CC=CCC1. The van der Waals surface area contributed by atoms with Crippen LogP contribution in [-0.2, 0) is 4.79 Å². The number of carboxylic acid groups (broad SMARTS) is 1. The Bertz CT molecular complexity index is 248. The van der Waals surface area contributed by atoms with E-state index in [9.17, 15) is 9.90 Å². The van der Waals surface area contributed by atoms with Crippen molar-refractivity contribution < 1.29 is 15.0 Å². The van der Waals surface area contributed by atoms with E-state index in [1.807, 2.05) is 6.92 Å². The molecule has 0 heterocycles. The second kappa shape index (κ2) is 6.69. The van der Waals surface area contributed by atoms with E-state index in [2.05, 4.69) is 12.2 Å². The van der Waals surface area contributed by atoms with Crippen LogP contribution >= 0.6 is 0 Å². The summed E-state index contributed by atoms with van der Waals surface area (Å²) in [4.78, 5) is 11.1. The highest BCUT2D eigenvalue weighted by Gasteiger charge is 2.31. The molecule has 3 atom stereocenters. The molecule has 0 aromatic carbocycles. The molecule has 0 aliphatic heterocycles. The van der Waals surface area contributed by atoms with Gasteiger partial charge in [-0.15, -0.1) is 0 Å². The van der Waals surface area contributed by atoms with Crippen molar-refractivity contribution in [2.24, 2.45) is 11.8 Å². The predicted molar refractivity (Wildman–Crippen MR) is 63.1 cm³/mol. The summed E-state index contributed by atoms with van der Waals surface area (Å²) in [5.74, 6) is -1.31. The van der Waals surface area contributed by atoms with Gasteiger partial charge in [0.1, 0.15) is 0 Å². The maximum Gasteiger partial charge on any atom is 0.309 e. The van der Waals surface area contributed by atoms with Crippen molar-refractivity contribution in [3.8, 4) is 0 Å². The van der Waals surface area contributed by atoms with Gasteiger partial charge in [-0.05, 0) is 31.6 Å². The van der Waals surface area contributed by atoms with Gasteiger partial charge in [0.15, 0.2) is 0 Å². The molecule has 0 saturated heterocycles. The van der Waals surface area contributed by atoms with E-state index >= 15 is 0 Å². The predicted octanol–water partition coefficient (Wildman–Crippen LogP) is 2.59. The molecule has 2 N–H and O–H groups in total. The Balaban J connectivity index is 2.55. The van der Waals surface area contributed by atoms with Crippen LogP contribution in [0.3, 0.4) is 0 Å². The average Bonchev–Trinajstić information content (AvgIpc) is 2.30. The molecular formula is C13H22O3. The van der Waals surface area contributed by atoms with Crippen molar-refractivity contribution in [1.82, 2.24) is 0 Å². The van der Waals surface area contributed by atoms with Crippen LogP contribution in [0.2, 0.25) is 0 Å². The standard InChI is InChI=1S/C13H22O3/c1-2-3-9-11(13(15)16)12(14)10-7-5-4-6-8-10/h4-5,10-12,14H,2-3,6-9H2,1H3,(H,15,16). The summed E-state index contributed by atoms with van der Waals surface area (Å²) in [5, 5.41) is 19.2. The minimum absolute atomic E-state index is 0.128. The number of unbranched alkanes of at least 4 members (excludes halogenated alkanes) is 1. The second-order valence-electron chi connectivity index (χ2n) is 4.62. The first-order valence-corrected chi connectivity index (χ1v) is 6.22. The maximum atomic E-state index is 11.1. The fraction of sp³-hybridized carbons (Fsp3) is 0.769. The molecule has 0 amide bonds. The Hall–Kier alpha value is -0.830. The zero-order chi connectivity index (χ0) is 12.0. The summed E-state index contributed by atoms with van der Waals surface area (Å²) < 4.78 is 0. The summed E-state index contributed by atoms with van der Waals surface area (Å²) in [6, 6.07) is 0. The van der Waals surface area contributed by atoms with Crippen LogP contribution in [0.15, 0.2) is 12.2 Å². The Morgan fingerprint density at radius 2 is 2.25 bits per heavy atom. The highest BCUT2D eigenvalue weighted by Crippen LogP contribution is 2.28. The third-order valence-corrected chi connectivity index (χ3v) is 3.39. The number of aliphatic hydroxyl groups is 1. The third kappa shape index (κ3) is 3.63. The molecule has 16 heavy (non-hydrogen) atoms. The highest BCUT2D eigenvalue weighted by atomic mass is 16.4. The van der Waals surface area contributed by atoms with Gasteiger partial charge in [-0.25, -0.2) is 0 Å². The number of carbonyl (C=O) groups is 1. The van der Waals surface area contributed by atoms with E-state index < -0.39 is 18.0 Å². The molecular weight excluding hydrogens is 204 g/mol. The molecule has 0 radical (unpaired) electrons. The number of carboxylic acids is 1. The van der Waals surface area contributed by atoms with Gasteiger partial charge in [0.05, 0.1) is 12.0 Å². The van der Waals surface area contributed by atoms with Crippen molar-refractivity contribution >= 4 is 5.97 Å². The first-order valence-electron chi connectivity index (χ1n) is 6.22. The highest BCUT2D eigenvalue weighted by molar-refractivity contribution is 5.70. The normalized spacial score (nSPS) is 24.0. The molecule has 3 unspecified atom stereocenters. The molecule has 0 aromatic rings. The van der Waals surface area contributed by atoms with E-state index in [0.29, 0.717) is 6.42 Å². The van der Waals surface area contributed by atoms with Crippen LogP contribution in [0, 0.1) is 11.8 Å². The molecule has 0 aromatic heterocycles. The largest absolute Gasteiger partial charge is 0.481 e. The van der Waals surface area contributed by atoms with Gasteiger partial charge in [0.2, 0.25) is 0 Å². The van der Waals surface area contributed by atoms with Crippen molar-refractivity contribution in [3.63, 3.8) is 0 Å². The Labute approximate surface area is 97.2 Å². The topological polar surface area (TPSA) is 57.5 Å². The average molecular weight is 226 g/mol. The lowest BCUT2D eigenvalue weighted by atomic mass is 9.81. The number of rotatable bonds is 6. The first kappa shape index (κ1) is 13.2. The lowest BCUT2D eigenvalue weighted by molar-refractivity contribution is -0.147. The molecule has 0 bridgehead atoms. The van der Waals surface area contributed by atoms with Crippen LogP contribution in [-0.4, -0.2) is 22.3 Å². The van der Waals surface area contributed by atoms with Gasteiger partial charge < -0.3 is 10.2 Å². The molecule has 92 valence electrons. The number of hydrogen-bond acceptors (Lipinski definition) is 2. The van der Waals surface area contributed by atoms with Gasteiger partial charge >= 0.3 is 5.97 Å². The van der Waals surface area contributed by atoms with E-state index in [0.717, 1.165) is 32.1 Å². The van der Waals surface area contributed by atoms with Gasteiger partial charge in [-0.2, -0.15) is 0 Å². The Morgan fingerprint density at radius 1 is 1.50 bits per heavy atom. The quantitative estimate of drug-likeness (QED) is 0.684. The summed E-state index contributed by atoms with van der Waals surface area (Å²) in [6.07, 6.45) is 8.59. The van der Waals surface area contributed by atoms with Crippen molar-refractivity contribution in [3.05, 3.63) is 12.2 Å². The zero-order valence-corrected chi connectivity index (χ0v) is 9.93. The van der Waals surface area contributed by atoms with Gasteiger partial charge in [0.25, 0.3) is 0 Å². The second-order valence-corrected chi connectivity index (χ2v) is 4.62. The summed E-state index contributed by atoms with van der Waals surface area (Å²) >= 11 is 0.